The molecule has 0 radical (unpaired) electrons. The molecular weight excluding hydrogens is 210 g/mol. The lowest BCUT2D eigenvalue weighted by Gasteiger charge is -2.33. The van der Waals surface area contributed by atoms with E-state index in [0.29, 0.717) is 12.0 Å². The normalized spacial score (nSPS) is 27.4. The van der Waals surface area contributed by atoms with Gasteiger partial charge in [0.25, 0.3) is 0 Å². The minimum Gasteiger partial charge on any atom is -0.380 e. The van der Waals surface area contributed by atoms with Gasteiger partial charge in [-0.1, -0.05) is 27.2 Å². The first kappa shape index (κ1) is 15.0. The van der Waals surface area contributed by atoms with Gasteiger partial charge in [-0.3, -0.25) is 0 Å². The van der Waals surface area contributed by atoms with Gasteiger partial charge in [0.2, 0.25) is 0 Å². The zero-order chi connectivity index (χ0) is 12.7. The third-order valence-corrected chi connectivity index (χ3v) is 4.18. The van der Waals surface area contributed by atoms with Crippen molar-refractivity contribution in [2.75, 3.05) is 13.2 Å². The van der Waals surface area contributed by atoms with Crippen LogP contribution >= 0.6 is 0 Å². The van der Waals surface area contributed by atoms with Crippen molar-refractivity contribution in [2.45, 2.75) is 71.9 Å². The Labute approximate surface area is 108 Å². The van der Waals surface area contributed by atoms with E-state index in [1.165, 1.54) is 32.1 Å². The second-order valence-corrected chi connectivity index (χ2v) is 5.80. The van der Waals surface area contributed by atoms with Gasteiger partial charge in [-0.05, 0) is 44.4 Å². The monoisotopic (exact) mass is 241 g/mol. The first-order valence-electron chi connectivity index (χ1n) is 7.51. The van der Waals surface area contributed by atoms with Gasteiger partial charge in [-0.25, -0.2) is 0 Å². The average Bonchev–Trinajstić information content (AvgIpc) is 2.35. The van der Waals surface area contributed by atoms with Crippen LogP contribution in [0.2, 0.25) is 0 Å². The van der Waals surface area contributed by atoms with Gasteiger partial charge >= 0.3 is 0 Å². The minimum absolute atomic E-state index is 0.526. The van der Waals surface area contributed by atoms with Gasteiger partial charge in [0.1, 0.15) is 0 Å². The van der Waals surface area contributed by atoms with Crippen molar-refractivity contribution in [3.63, 3.8) is 0 Å². The molecule has 1 unspecified atom stereocenters. The van der Waals surface area contributed by atoms with Gasteiger partial charge < -0.3 is 10.1 Å². The van der Waals surface area contributed by atoms with Crippen molar-refractivity contribution in [2.24, 2.45) is 11.8 Å². The summed E-state index contributed by atoms with van der Waals surface area (Å²) in [5.74, 6) is 1.64. The van der Waals surface area contributed by atoms with Crippen molar-refractivity contribution in [1.82, 2.24) is 5.32 Å². The number of rotatable bonds is 7. The van der Waals surface area contributed by atoms with Crippen LogP contribution in [0.25, 0.3) is 0 Å². The van der Waals surface area contributed by atoms with Crippen LogP contribution in [0.1, 0.15) is 59.8 Å². The van der Waals surface area contributed by atoms with Crippen LogP contribution in [0, 0.1) is 11.8 Å². The van der Waals surface area contributed by atoms with Crippen molar-refractivity contribution < 1.29 is 4.74 Å². The molecule has 1 aliphatic rings. The molecule has 2 nitrogen and oxygen atoms in total. The molecule has 0 heterocycles. The van der Waals surface area contributed by atoms with Crippen molar-refractivity contribution in [3.8, 4) is 0 Å². The van der Waals surface area contributed by atoms with E-state index in [1.54, 1.807) is 0 Å². The van der Waals surface area contributed by atoms with E-state index in [-0.39, 0.29) is 0 Å². The highest BCUT2D eigenvalue weighted by Gasteiger charge is 2.23. The van der Waals surface area contributed by atoms with Gasteiger partial charge in [-0.2, -0.15) is 0 Å². The predicted octanol–water partition coefficient (Wildman–Crippen LogP) is 3.61. The summed E-state index contributed by atoms with van der Waals surface area (Å²) < 4.78 is 5.58. The molecule has 0 aliphatic heterocycles. The summed E-state index contributed by atoms with van der Waals surface area (Å²) >= 11 is 0. The van der Waals surface area contributed by atoms with Crippen LogP contribution in [0.3, 0.4) is 0 Å². The Kier molecular flexibility index (Phi) is 7.14. The zero-order valence-corrected chi connectivity index (χ0v) is 12.2. The van der Waals surface area contributed by atoms with Crippen LogP contribution in [0.5, 0.6) is 0 Å². The molecule has 1 rings (SSSR count). The molecule has 1 saturated carbocycles. The van der Waals surface area contributed by atoms with Gasteiger partial charge in [0.05, 0.1) is 6.61 Å². The molecule has 17 heavy (non-hydrogen) atoms. The van der Waals surface area contributed by atoms with Crippen LogP contribution in [-0.2, 0) is 4.74 Å². The van der Waals surface area contributed by atoms with Crippen molar-refractivity contribution >= 4 is 0 Å². The first-order valence-corrected chi connectivity index (χ1v) is 7.51. The number of hydrogen-bond donors (Lipinski definition) is 1. The van der Waals surface area contributed by atoms with Gasteiger partial charge in [-0.15, -0.1) is 0 Å². The highest BCUT2D eigenvalue weighted by atomic mass is 16.5. The standard InChI is InChI=1S/C15H31NO/c1-5-13-7-9-14(10-8-13)16-15(12(3)4)11-17-6-2/h12-16H,5-11H2,1-4H3. The summed E-state index contributed by atoms with van der Waals surface area (Å²) in [7, 11) is 0. The third-order valence-electron chi connectivity index (χ3n) is 4.18. The summed E-state index contributed by atoms with van der Waals surface area (Å²) in [5.41, 5.74) is 0. The van der Waals surface area contributed by atoms with E-state index >= 15 is 0 Å². The van der Waals surface area contributed by atoms with E-state index < -0.39 is 0 Å². The maximum Gasteiger partial charge on any atom is 0.0622 e. The highest BCUT2D eigenvalue weighted by molar-refractivity contribution is 4.81. The van der Waals surface area contributed by atoms with E-state index in [0.717, 1.165) is 25.2 Å². The fourth-order valence-electron chi connectivity index (χ4n) is 2.72. The van der Waals surface area contributed by atoms with Crippen LogP contribution in [-0.4, -0.2) is 25.3 Å². The topological polar surface area (TPSA) is 21.3 Å². The Bertz CT molecular complexity index is 185. The van der Waals surface area contributed by atoms with E-state index in [9.17, 15) is 0 Å². The maximum absolute atomic E-state index is 5.58. The second kappa shape index (κ2) is 8.10. The highest BCUT2D eigenvalue weighted by Crippen LogP contribution is 2.27. The van der Waals surface area contributed by atoms with Gasteiger partial charge in [0, 0.05) is 18.7 Å². The lowest BCUT2D eigenvalue weighted by atomic mass is 9.84. The minimum atomic E-state index is 0.526. The largest absolute Gasteiger partial charge is 0.380 e. The summed E-state index contributed by atoms with van der Waals surface area (Å²) in [6, 6.07) is 1.25. The molecule has 0 saturated heterocycles. The molecule has 0 bridgehead atoms. The smallest absolute Gasteiger partial charge is 0.0622 e. The third kappa shape index (κ3) is 5.39. The lowest BCUT2D eigenvalue weighted by Crippen LogP contribution is -2.45. The van der Waals surface area contributed by atoms with Crippen molar-refractivity contribution in [1.29, 1.82) is 0 Å². The quantitative estimate of drug-likeness (QED) is 0.735. The van der Waals surface area contributed by atoms with Crippen molar-refractivity contribution in [3.05, 3.63) is 0 Å². The molecule has 0 spiro atoms. The summed E-state index contributed by atoms with van der Waals surface area (Å²) in [4.78, 5) is 0. The molecule has 1 aliphatic carbocycles. The first-order chi connectivity index (χ1) is 8.17. The Morgan fingerprint density at radius 1 is 1.12 bits per heavy atom. The Morgan fingerprint density at radius 3 is 2.24 bits per heavy atom. The van der Waals surface area contributed by atoms with Gasteiger partial charge in [0.15, 0.2) is 0 Å². The number of nitrogens with one attached hydrogen (secondary N) is 1. The molecule has 102 valence electrons. The maximum atomic E-state index is 5.58. The molecule has 0 aromatic carbocycles. The number of ether oxygens (including phenoxy) is 1. The fraction of sp³-hybridized carbons (Fsp3) is 1.00. The fourth-order valence-corrected chi connectivity index (χ4v) is 2.72. The molecule has 0 aromatic rings. The summed E-state index contributed by atoms with van der Waals surface area (Å²) in [6.07, 6.45) is 6.89. The molecule has 1 atom stereocenters. The van der Waals surface area contributed by atoms with Crippen LogP contribution in [0.4, 0.5) is 0 Å². The SMILES string of the molecule is CCOCC(NC1CCC(CC)CC1)C(C)C. The van der Waals surface area contributed by atoms with E-state index in [2.05, 4.69) is 33.0 Å². The summed E-state index contributed by atoms with van der Waals surface area (Å²) in [6.45, 7) is 10.7. The average molecular weight is 241 g/mol. The molecule has 1 fully saturated rings. The van der Waals surface area contributed by atoms with E-state index in [4.69, 9.17) is 4.74 Å². The zero-order valence-electron chi connectivity index (χ0n) is 12.2. The Morgan fingerprint density at radius 2 is 1.76 bits per heavy atom. The molecule has 2 heteroatoms. The second-order valence-electron chi connectivity index (χ2n) is 5.80. The Balaban J connectivity index is 2.30. The van der Waals surface area contributed by atoms with Crippen LogP contribution in [0.15, 0.2) is 0 Å². The lowest BCUT2D eigenvalue weighted by molar-refractivity contribution is 0.0983. The molecule has 0 amide bonds. The van der Waals surface area contributed by atoms with Crippen LogP contribution < -0.4 is 5.32 Å². The molecular formula is C15H31NO. The molecule has 1 N–H and O–H groups in total. The van der Waals surface area contributed by atoms with E-state index in [1.807, 2.05) is 0 Å². The predicted molar refractivity (Wildman–Crippen MR) is 74.3 cm³/mol. The Hall–Kier alpha value is -0.0800. The number of hydrogen-bond acceptors (Lipinski definition) is 2. The summed E-state index contributed by atoms with van der Waals surface area (Å²) in [5, 5.41) is 3.81. The molecule has 0 aromatic heterocycles.